The predicted molar refractivity (Wildman–Crippen MR) is 77.3 cm³/mol. The number of rotatable bonds is 5. The van der Waals surface area contributed by atoms with Gasteiger partial charge in [-0.3, -0.25) is 0 Å². The van der Waals surface area contributed by atoms with Crippen molar-refractivity contribution in [3.63, 3.8) is 0 Å². The fourth-order valence-electron chi connectivity index (χ4n) is 1.95. The van der Waals surface area contributed by atoms with Gasteiger partial charge in [0.05, 0.1) is 7.11 Å². The van der Waals surface area contributed by atoms with Crippen LogP contribution in [0, 0.1) is 6.92 Å². The van der Waals surface area contributed by atoms with Gasteiger partial charge in [0.25, 0.3) is 0 Å². The molecule has 2 aromatic rings. The third-order valence-corrected chi connectivity index (χ3v) is 3.78. The van der Waals surface area contributed by atoms with Crippen molar-refractivity contribution < 1.29 is 4.74 Å². The monoisotopic (exact) mass is 261 g/mol. The Bertz CT molecular complexity index is 493. The summed E-state index contributed by atoms with van der Waals surface area (Å²) in [6, 6.07) is 8.77. The van der Waals surface area contributed by atoms with E-state index >= 15 is 0 Å². The van der Waals surface area contributed by atoms with Crippen molar-refractivity contribution >= 4 is 11.3 Å². The first-order valence-electron chi connectivity index (χ1n) is 6.09. The molecule has 3 heteroatoms. The van der Waals surface area contributed by atoms with Crippen LogP contribution >= 0.6 is 11.3 Å². The second kappa shape index (κ2) is 6.03. The third-order valence-electron chi connectivity index (χ3n) is 3.05. The molecule has 0 bridgehead atoms. The van der Waals surface area contributed by atoms with Crippen LogP contribution in [0.1, 0.15) is 29.7 Å². The van der Waals surface area contributed by atoms with E-state index in [9.17, 15) is 0 Å². The van der Waals surface area contributed by atoms with Gasteiger partial charge in [0.1, 0.15) is 5.75 Å². The Labute approximate surface area is 113 Å². The minimum absolute atomic E-state index is 0.278. The summed E-state index contributed by atoms with van der Waals surface area (Å²) < 4.78 is 5.45. The van der Waals surface area contributed by atoms with E-state index in [4.69, 9.17) is 4.74 Å². The van der Waals surface area contributed by atoms with Crippen LogP contribution < -0.4 is 10.1 Å². The molecule has 18 heavy (non-hydrogen) atoms. The largest absolute Gasteiger partial charge is 0.496 e. The van der Waals surface area contributed by atoms with Crippen LogP contribution in [0.2, 0.25) is 0 Å². The van der Waals surface area contributed by atoms with Gasteiger partial charge in [-0.2, -0.15) is 11.3 Å². The van der Waals surface area contributed by atoms with E-state index in [-0.39, 0.29) is 6.04 Å². The lowest BCUT2D eigenvalue weighted by Crippen LogP contribution is -2.18. The Hall–Kier alpha value is -1.32. The van der Waals surface area contributed by atoms with Crippen LogP contribution in [0.25, 0.3) is 0 Å². The van der Waals surface area contributed by atoms with Gasteiger partial charge in [-0.25, -0.2) is 0 Å². The molecule has 0 radical (unpaired) electrons. The molecule has 0 saturated carbocycles. The van der Waals surface area contributed by atoms with E-state index in [0.717, 1.165) is 12.3 Å². The van der Waals surface area contributed by atoms with Gasteiger partial charge in [-0.1, -0.05) is 12.1 Å². The summed E-state index contributed by atoms with van der Waals surface area (Å²) in [5, 5.41) is 7.80. The van der Waals surface area contributed by atoms with Gasteiger partial charge in [-0.05, 0) is 47.9 Å². The number of hydrogen-bond donors (Lipinski definition) is 1. The molecule has 1 unspecified atom stereocenters. The molecule has 1 atom stereocenters. The standard InChI is InChI=1S/C15H19NOS/c1-11-4-5-14(15(8-11)17-3)12(2)16-9-13-6-7-18-10-13/h4-8,10,12,16H,9H2,1-3H3. The van der Waals surface area contributed by atoms with Crippen LogP contribution in [-0.2, 0) is 6.54 Å². The molecule has 0 aliphatic rings. The number of ether oxygens (including phenoxy) is 1. The Kier molecular flexibility index (Phi) is 4.39. The number of thiophene rings is 1. The topological polar surface area (TPSA) is 21.3 Å². The van der Waals surface area contributed by atoms with Crippen molar-refractivity contribution in [2.45, 2.75) is 26.4 Å². The fraction of sp³-hybridized carbons (Fsp3) is 0.333. The minimum atomic E-state index is 0.278. The molecular formula is C15H19NOS. The minimum Gasteiger partial charge on any atom is -0.496 e. The van der Waals surface area contributed by atoms with E-state index in [1.54, 1.807) is 18.4 Å². The smallest absolute Gasteiger partial charge is 0.123 e. The lowest BCUT2D eigenvalue weighted by molar-refractivity contribution is 0.401. The molecule has 96 valence electrons. The summed E-state index contributed by atoms with van der Waals surface area (Å²) in [7, 11) is 1.73. The van der Waals surface area contributed by atoms with E-state index in [1.807, 2.05) is 0 Å². The lowest BCUT2D eigenvalue weighted by atomic mass is 10.0. The lowest BCUT2D eigenvalue weighted by Gasteiger charge is -2.17. The SMILES string of the molecule is COc1cc(C)ccc1C(C)NCc1ccsc1. The molecule has 1 heterocycles. The highest BCUT2D eigenvalue weighted by atomic mass is 32.1. The van der Waals surface area contributed by atoms with E-state index in [2.05, 4.69) is 54.2 Å². The predicted octanol–water partition coefficient (Wildman–Crippen LogP) is 3.92. The molecule has 1 N–H and O–H groups in total. The first-order chi connectivity index (χ1) is 8.70. The van der Waals surface area contributed by atoms with Crippen LogP contribution in [0.5, 0.6) is 5.75 Å². The highest BCUT2D eigenvalue weighted by Crippen LogP contribution is 2.26. The van der Waals surface area contributed by atoms with Gasteiger partial charge in [0, 0.05) is 18.2 Å². The maximum atomic E-state index is 5.45. The Morgan fingerprint density at radius 3 is 2.83 bits per heavy atom. The zero-order valence-corrected chi connectivity index (χ0v) is 11.9. The molecule has 0 aliphatic heterocycles. The molecule has 0 amide bonds. The molecule has 1 aromatic carbocycles. The summed E-state index contributed by atoms with van der Waals surface area (Å²) >= 11 is 1.73. The molecule has 1 aromatic heterocycles. The molecule has 2 nitrogen and oxygen atoms in total. The van der Waals surface area contributed by atoms with E-state index in [0.29, 0.717) is 0 Å². The second-order valence-corrected chi connectivity index (χ2v) is 5.26. The average Bonchev–Trinajstić information content (AvgIpc) is 2.88. The molecule has 0 saturated heterocycles. The van der Waals surface area contributed by atoms with Gasteiger partial charge in [-0.15, -0.1) is 0 Å². The highest BCUT2D eigenvalue weighted by molar-refractivity contribution is 7.07. The molecule has 0 spiro atoms. The Morgan fingerprint density at radius 1 is 1.33 bits per heavy atom. The van der Waals surface area contributed by atoms with Crippen molar-refractivity contribution in [3.8, 4) is 5.75 Å². The molecule has 2 rings (SSSR count). The third kappa shape index (κ3) is 3.12. The zero-order valence-electron chi connectivity index (χ0n) is 11.1. The summed E-state index contributed by atoms with van der Waals surface area (Å²) in [6.45, 7) is 5.14. The van der Waals surface area contributed by atoms with Gasteiger partial charge < -0.3 is 10.1 Å². The normalized spacial score (nSPS) is 12.4. The fourth-order valence-corrected chi connectivity index (χ4v) is 2.62. The van der Waals surface area contributed by atoms with Gasteiger partial charge in [0.15, 0.2) is 0 Å². The number of methoxy groups -OCH3 is 1. The number of nitrogens with one attached hydrogen (secondary N) is 1. The van der Waals surface area contributed by atoms with Gasteiger partial charge >= 0.3 is 0 Å². The maximum absolute atomic E-state index is 5.45. The van der Waals surface area contributed by atoms with Crippen LogP contribution in [-0.4, -0.2) is 7.11 Å². The van der Waals surface area contributed by atoms with Crippen LogP contribution in [0.3, 0.4) is 0 Å². The van der Waals surface area contributed by atoms with Gasteiger partial charge in [0.2, 0.25) is 0 Å². The molecular weight excluding hydrogens is 242 g/mol. The number of hydrogen-bond acceptors (Lipinski definition) is 3. The van der Waals surface area contributed by atoms with Crippen molar-refractivity contribution in [1.29, 1.82) is 0 Å². The first-order valence-corrected chi connectivity index (χ1v) is 7.04. The average molecular weight is 261 g/mol. The quantitative estimate of drug-likeness (QED) is 0.881. The maximum Gasteiger partial charge on any atom is 0.123 e. The summed E-state index contributed by atoms with van der Waals surface area (Å²) in [6.07, 6.45) is 0. The van der Waals surface area contributed by atoms with Crippen LogP contribution in [0.4, 0.5) is 0 Å². The molecule has 0 aliphatic carbocycles. The Morgan fingerprint density at radius 2 is 2.17 bits per heavy atom. The summed E-state index contributed by atoms with van der Waals surface area (Å²) in [5.41, 5.74) is 3.76. The second-order valence-electron chi connectivity index (χ2n) is 4.48. The zero-order chi connectivity index (χ0) is 13.0. The Balaban J connectivity index is 2.06. The van der Waals surface area contributed by atoms with Crippen molar-refractivity contribution in [3.05, 3.63) is 51.7 Å². The number of aryl methyl sites for hydroxylation is 1. The van der Waals surface area contributed by atoms with Crippen molar-refractivity contribution in [1.82, 2.24) is 5.32 Å². The van der Waals surface area contributed by atoms with Crippen LogP contribution in [0.15, 0.2) is 35.0 Å². The highest BCUT2D eigenvalue weighted by Gasteiger charge is 2.10. The van der Waals surface area contributed by atoms with Crippen molar-refractivity contribution in [2.24, 2.45) is 0 Å². The molecule has 0 fully saturated rings. The van der Waals surface area contributed by atoms with Crippen molar-refractivity contribution in [2.75, 3.05) is 7.11 Å². The van der Waals surface area contributed by atoms with E-state index in [1.165, 1.54) is 16.7 Å². The summed E-state index contributed by atoms with van der Waals surface area (Å²) in [5.74, 6) is 0.959. The van der Waals surface area contributed by atoms with E-state index < -0.39 is 0 Å². The summed E-state index contributed by atoms with van der Waals surface area (Å²) in [4.78, 5) is 0. The first kappa shape index (κ1) is 13.1. The number of benzene rings is 1.